The molecular weight excluding hydrogens is 164 g/mol. The molecule has 3 heteroatoms. The van der Waals surface area contributed by atoms with Gasteiger partial charge in [-0.1, -0.05) is 18.2 Å². The van der Waals surface area contributed by atoms with Crippen molar-refractivity contribution in [1.29, 1.82) is 0 Å². The van der Waals surface area contributed by atoms with Gasteiger partial charge < -0.3 is 0 Å². The summed E-state index contributed by atoms with van der Waals surface area (Å²) in [5, 5.41) is 0. The molecule has 0 aromatic heterocycles. The van der Waals surface area contributed by atoms with E-state index < -0.39 is 0 Å². The maximum absolute atomic E-state index is 10.5. The van der Waals surface area contributed by atoms with E-state index in [9.17, 15) is 4.79 Å². The van der Waals surface area contributed by atoms with Crippen LogP contribution in [-0.4, -0.2) is 24.8 Å². The van der Waals surface area contributed by atoms with E-state index in [0.717, 1.165) is 17.5 Å². The molecule has 0 radical (unpaired) electrons. The van der Waals surface area contributed by atoms with Gasteiger partial charge in [0.25, 0.3) is 0 Å². The minimum absolute atomic E-state index is 0. The fourth-order valence-corrected chi connectivity index (χ4v) is 1.19. The van der Waals surface area contributed by atoms with E-state index in [1.165, 1.54) is 0 Å². The highest BCUT2D eigenvalue weighted by atomic mass is 16.1. The van der Waals surface area contributed by atoms with Gasteiger partial charge in [0.2, 0.25) is 0 Å². The Morgan fingerprint density at radius 1 is 1.38 bits per heavy atom. The summed E-state index contributed by atoms with van der Waals surface area (Å²) in [7, 11) is 0. The van der Waals surface area contributed by atoms with Crippen LogP contribution in [0.2, 0.25) is 0 Å². The van der Waals surface area contributed by atoms with Crippen LogP contribution in [0.1, 0.15) is 6.99 Å². The SMILES string of the molecule is O=CC1=Nc2ccccc2C=NC1.[H+]. The number of carbonyl (C=O) groups excluding carboxylic acids is 1. The Labute approximate surface area is 77.3 Å². The Bertz CT molecular complexity index is 399. The highest BCUT2D eigenvalue weighted by molar-refractivity contribution is 6.30. The van der Waals surface area contributed by atoms with Gasteiger partial charge in [-0.2, -0.15) is 0 Å². The predicted molar refractivity (Wildman–Crippen MR) is 53.2 cm³/mol. The highest BCUT2D eigenvalue weighted by Gasteiger charge is 2.04. The highest BCUT2D eigenvalue weighted by Crippen LogP contribution is 2.18. The van der Waals surface area contributed by atoms with Crippen molar-refractivity contribution in [2.24, 2.45) is 9.98 Å². The van der Waals surface area contributed by atoms with E-state index in [-0.39, 0.29) is 1.43 Å². The first-order valence-electron chi connectivity index (χ1n) is 4.02. The third-order valence-corrected chi connectivity index (χ3v) is 1.82. The van der Waals surface area contributed by atoms with Crippen molar-refractivity contribution in [2.75, 3.05) is 6.54 Å². The Morgan fingerprint density at radius 3 is 3.08 bits per heavy atom. The lowest BCUT2D eigenvalue weighted by atomic mass is 10.2. The largest absolute Gasteiger partial charge is 1.00 e. The molecule has 0 saturated carbocycles. The molecule has 0 amide bonds. The second kappa shape index (κ2) is 3.31. The first-order valence-corrected chi connectivity index (χ1v) is 4.02. The lowest BCUT2D eigenvalue weighted by Crippen LogP contribution is -2.02. The molecule has 0 fully saturated rings. The van der Waals surface area contributed by atoms with E-state index >= 15 is 0 Å². The first kappa shape index (κ1) is 7.86. The van der Waals surface area contributed by atoms with Gasteiger partial charge in [0.1, 0.15) is 5.71 Å². The summed E-state index contributed by atoms with van der Waals surface area (Å²) in [5.41, 5.74) is 2.24. The Balaban J connectivity index is 0.000000980. The summed E-state index contributed by atoms with van der Waals surface area (Å²) in [6, 6.07) is 7.61. The molecule has 0 unspecified atom stereocenters. The van der Waals surface area contributed by atoms with Crippen LogP contribution in [0.4, 0.5) is 5.69 Å². The summed E-state index contributed by atoms with van der Waals surface area (Å²) < 4.78 is 0. The van der Waals surface area contributed by atoms with Crippen LogP contribution in [0.15, 0.2) is 34.3 Å². The van der Waals surface area contributed by atoms with Crippen LogP contribution in [0, 0.1) is 0 Å². The first-order chi connectivity index (χ1) is 6.40. The molecule has 64 valence electrons. The topological polar surface area (TPSA) is 41.8 Å². The average molecular weight is 173 g/mol. The smallest absolute Gasteiger partial charge is 0.296 e. The molecule has 1 heterocycles. The van der Waals surface area contributed by atoms with E-state index in [2.05, 4.69) is 9.98 Å². The fourth-order valence-electron chi connectivity index (χ4n) is 1.19. The number of carbonyl (C=O) groups is 1. The maximum Gasteiger partial charge on any atom is 1.00 e. The molecule has 1 aliphatic rings. The van der Waals surface area contributed by atoms with Crippen LogP contribution in [0.25, 0.3) is 0 Å². The number of aldehydes is 1. The van der Waals surface area contributed by atoms with Crippen molar-refractivity contribution >= 4 is 23.9 Å². The summed E-state index contributed by atoms with van der Waals surface area (Å²) in [5.74, 6) is 0. The molecule has 3 nitrogen and oxygen atoms in total. The number of rotatable bonds is 1. The van der Waals surface area contributed by atoms with Crippen LogP contribution >= 0.6 is 0 Å². The number of benzene rings is 1. The zero-order valence-electron chi connectivity index (χ0n) is 7.97. The minimum atomic E-state index is 0. The van der Waals surface area contributed by atoms with Crippen molar-refractivity contribution in [3.63, 3.8) is 0 Å². The van der Waals surface area contributed by atoms with Gasteiger partial charge in [0.15, 0.2) is 6.29 Å². The molecule has 1 aliphatic heterocycles. The minimum Gasteiger partial charge on any atom is -0.296 e. The van der Waals surface area contributed by atoms with Gasteiger partial charge in [0, 0.05) is 11.8 Å². The third-order valence-electron chi connectivity index (χ3n) is 1.82. The Hall–Kier alpha value is -1.77. The number of hydrogen-bond acceptors (Lipinski definition) is 3. The van der Waals surface area contributed by atoms with E-state index in [0.29, 0.717) is 12.3 Å². The lowest BCUT2D eigenvalue weighted by Gasteiger charge is -1.96. The lowest BCUT2D eigenvalue weighted by molar-refractivity contribution is -0.102. The van der Waals surface area contributed by atoms with Gasteiger partial charge in [-0.05, 0) is 6.07 Å². The van der Waals surface area contributed by atoms with Crippen molar-refractivity contribution in [3.05, 3.63) is 29.8 Å². The summed E-state index contributed by atoms with van der Waals surface area (Å²) in [6.45, 7) is 0.373. The summed E-state index contributed by atoms with van der Waals surface area (Å²) >= 11 is 0. The van der Waals surface area contributed by atoms with Gasteiger partial charge in [-0.15, -0.1) is 0 Å². The van der Waals surface area contributed by atoms with Crippen molar-refractivity contribution in [3.8, 4) is 0 Å². The second-order valence-corrected chi connectivity index (χ2v) is 2.75. The molecule has 0 N–H and O–H groups in total. The molecule has 2 rings (SSSR count). The van der Waals surface area contributed by atoms with Crippen molar-refractivity contribution in [2.45, 2.75) is 0 Å². The molecule has 1 aromatic carbocycles. The van der Waals surface area contributed by atoms with E-state index in [4.69, 9.17) is 0 Å². The monoisotopic (exact) mass is 173 g/mol. The van der Waals surface area contributed by atoms with Crippen LogP contribution in [0.5, 0.6) is 0 Å². The molecule has 0 atom stereocenters. The molecule has 0 bridgehead atoms. The molecule has 0 aliphatic carbocycles. The maximum atomic E-state index is 10.5. The predicted octanol–water partition coefficient (Wildman–Crippen LogP) is 1.50. The zero-order chi connectivity index (χ0) is 9.10. The number of para-hydroxylation sites is 1. The third kappa shape index (κ3) is 1.54. The van der Waals surface area contributed by atoms with Crippen molar-refractivity contribution in [1.82, 2.24) is 0 Å². The van der Waals surface area contributed by atoms with Crippen LogP contribution < -0.4 is 0 Å². The van der Waals surface area contributed by atoms with E-state index in [1.54, 1.807) is 6.21 Å². The molecule has 0 spiro atoms. The number of hydrogen-bond donors (Lipinski definition) is 0. The average Bonchev–Trinajstić information content (AvgIpc) is 2.38. The van der Waals surface area contributed by atoms with Gasteiger partial charge in [0.05, 0.1) is 12.2 Å². The molecule has 1 aromatic rings. The molecule has 0 saturated heterocycles. The summed E-state index contributed by atoms with van der Waals surface area (Å²) in [4.78, 5) is 18.8. The van der Waals surface area contributed by atoms with Crippen LogP contribution in [-0.2, 0) is 4.79 Å². The van der Waals surface area contributed by atoms with E-state index in [1.807, 2.05) is 24.3 Å². The van der Waals surface area contributed by atoms with Gasteiger partial charge in [-0.3, -0.25) is 9.79 Å². The van der Waals surface area contributed by atoms with Crippen molar-refractivity contribution < 1.29 is 6.22 Å². The van der Waals surface area contributed by atoms with Gasteiger partial charge >= 0.3 is 1.43 Å². The number of aliphatic imine (C=N–C) groups is 2. The standard InChI is InChI=1S/C10H8N2O/c13-7-9-6-11-5-8-3-1-2-4-10(8)12-9/h1-5,7H,6H2/p+1. The Morgan fingerprint density at radius 2 is 2.23 bits per heavy atom. The number of fused-ring (bicyclic) bond motifs is 1. The quantitative estimate of drug-likeness (QED) is 0.593. The Kier molecular flexibility index (Phi) is 2.00. The normalized spacial score (nSPS) is 14.3. The summed E-state index contributed by atoms with van der Waals surface area (Å²) in [6.07, 6.45) is 2.49. The van der Waals surface area contributed by atoms with Crippen LogP contribution in [0.3, 0.4) is 0 Å². The fraction of sp³-hybridized carbons (Fsp3) is 0.100. The molecule has 13 heavy (non-hydrogen) atoms. The number of nitrogens with zero attached hydrogens (tertiary/aromatic N) is 2. The zero-order valence-corrected chi connectivity index (χ0v) is 6.97. The van der Waals surface area contributed by atoms with Gasteiger partial charge in [-0.25, -0.2) is 4.99 Å². The molecular formula is C10H9N2O+. The second-order valence-electron chi connectivity index (χ2n) is 2.75.